The van der Waals surface area contributed by atoms with E-state index in [2.05, 4.69) is 33.5 Å². The van der Waals surface area contributed by atoms with Crippen LogP contribution in [0.25, 0.3) is 0 Å². The molecule has 0 unspecified atom stereocenters. The van der Waals surface area contributed by atoms with Crippen LogP contribution < -0.4 is 43.8 Å². The van der Waals surface area contributed by atoms with Gasteiger partial charge in [-0.15, -0.1) is 0 Å². The molecule has 0 aromatic carbocycles. The topological polar surface area (TPSA) is 261 Å². The van der Waals surface area contributed by atoms with Crippen molar-refractivity contribution < 1.29 is 33.9 Å². The number of nitrogens with one attached hydrogen (secondary N) is 5. The van der Waals surface area contributed by atoms with Crippen molar-refractivity contribution in [2.24, 2.45) is 23.1 Å². The van der Waals surface area contributed by atoms with Crippen LogP contribution in [0.2, 0.25) is 0 Å². The van der Waals surface area contributed by atoms with E-state index >= 15 is 0 Å². The number of amides is 5. The highest BCUT2D eigenvalue weighted by molar-refractivity contribution is 5.95. The molecule has 0 aromatic heterocycles. The molecule has 314 valence electrons. The summed E-state index contributed by atoms with van der Waals surface area (Å²) in [4.78, 5) is 78.2. The lowest BCUT2D eigenvalue weighted by Crippen LogP contribution is -2.58. The maximum atomic E-state index is 13.6. The highest BCUT2D eigenvalue weighted by Gasteiger charge is 2.31. The summed E-state index contributed by atoms with van der Waals surface area (Å²) in [7, 11) is 0. The Hall–Kier alpha value is -3.30. The first kappa shape index (κ1) is 50.7. The van der Waals surface area contributed by atoms with Crippen LogP contribution in [0.3, 0.4) is 0 Å². The van der Waals surface area contributed by atoms with E-state index in [1.165, 1.54) is 39.0 Å². The SMILES string of the molecule is CCCCCCCCCCCC(=O)N[C@@H](CCCCN)C(=O)N[C@@H](CC(C)C)C(=O)N[C@@H](C)C(=O)N[C@@H](CCCCN)C(=O)N[C@@H](CCCCN)C(=O)O. The van der Waals surface area contributed by atoms with Crippen molar-refractivity contribution in [3.05, 3.63) is 0 Å². The number of hydrogen-bond acceptors (Lipinski definition) is 9. The Morgan fingerprint density at radius 2 is 0.889 bits per heavy atom. The normalized spacial score (nSPS) is 14.0. The molecule has 0 aromatic rings. The standard InChI is InChI=1S/C39H76N8O7/c1-5-6-7-8-9-10-11-12-13-23-34(48)44-30(20-14-17-24-40)36(50)47-33(27-28(2)3)38(52)43-29(4)35(49)45-31(21-15-18-25-41)37(51)46-32(39(53)54)22-16-19-26-42/h28-33H,5-27,40-42H2,1-4H3,(H,43,52)(H,44,48)(H,45,49)(H,46,51)(H,47,50)(H,53,54)/t29-,30-,31-,32-,33-/m0/s1. The van der Waals surface area contributed by atoms with E-state index in [9.17, 15) is 33.9 Å². The summed E-state index contributed by atoms with van der Waals surface area (Å²) >= 11 is 0. The molecule has 12 N–H and O–H groups in total. The van der Waals surface area contributed by atoms with Gasteiger partial charge in [0, 0.05) is 6.42 Å². The van der Waals surface area contributed by atoms with Gasteiger partial charge in [-0.2, -0.15) is 0 Å². The average molecular weight is 769 g/mol. The van der Waals surface area contributed by atoms with E-state index in [4.69, 9.17) is 17.2 Å². The van der Waals surface area contributed by atoms with Gasteiger partial charge in [0.25, 0.3) is 0 Å². The number of carbonyl (C=O) groups excluding carboxylic acids is 5. The Labute approximate surface area is 324 Å². The Morgan fingerprint density at radius 3 is 1.35 bits per heavy atom. The molecule has 0 saturated heterocycles. The Morgan fingerprint density at radius 1 is 0.481 bits per heavy atom. The van der Waals surface area contributed by atoms with Gasteiger partial charge in [-0.05, 0) is 103 Å². The second-order valence-corrected chi connectivity index (χ2v) is 14.9. The lowest BCUT2D eigenvalue weighted by Gasteiger charge is -2.26. The van der Waals surface area contributed by atoms with Crippen LogP contribution in [-0.4, -0.2) is 90.5 Å². The largest absolute Gasteiger partial charge is 0.480 e. The highest BCUT2D eigenvalue weighted by Crippen LogP contribution is 2.12. The molecule has 0 spiro atoms. The summed E-state index contributed by atoms with van der Waals surface area (Å²) in [5.74, 6) is -3.76. The van der Waals surface area contributed by atoms with Crippen LogP contribution >= 0.6 is 0 Å². The molecule has 5 amide bonds. The summed E-state index contributed by atoms with van der Waals surface area (Å²) in [6, 6.07) is -5.13. The molecule has 0 aliphatic rings. The summed E-state index contributed by atoms with van der Waals surface area (Å²) in [5, 5.41) is 23.1. The molecule has 0 aliphatic carbocycles. The summed E-state index contributed by atoms with van der Waals surface area (Å²) in [5.41, 5.74) is 16.8. The first-order valence-electron chi connectivity index (χ1n) is 20.6. The minimum Gasteiger partial charge on any atom is -0.480 e. The molecule has 5 atom stereocenters. The van der Waals surface area contributed by atoms with Crippen molar-refractivity contribution in [2.75, 3.05) is 19.6 Å². The van der Waals surface area contributed by atoms with E-state index in [0.717, 1.165) is 25.7 Å². The van der Waals surface area contributed by atoms with Crippen LogP contribution in [0.1, 0.15) is 156 Å². The van der Waals surface area contributed by atoms with Gasteiger partial charge in [-0.1, -0.05) is 72.1 Å². The summed E-state index contributed by atoms with van der Waals surface area (Å²) in [6.45, 7) is 8.69. The van der Waals surface area contributed by atoms with Gasteiger partial charge in [-0.25, -0.2) is 4.79 Å². The predicted molar refractivity (Wildman–Crippen MR) is 213 cm³/mol. The van der Waals surface area contributed by atoms with Crippen molar-refractivity contribution in [2.45, 2.75) is 186 Å². The molecule has 0 radical (unpaired) electrons. The minimum absolute atomic E-state index is 0.00441. The number of rotatable bonds is 34. The van der Waals surface area contributed by atoms with E-state index in [1.54, 1.807) is 0 Å². The Kier molecular flexibility index (Phi) is 30.0. The van der Waals surface area contributed by atoms with Crippen LogP contribution in [0.5, 0.6) is 0 Å². The first-order chi connectivity index (χ1) is 25.8. The quantitative estimate of drug-likeness (QED) is 0.0433. The van der Waals surface area contributed by atoms with Crippen LogP contribution in [0, 0.1) is 5.92 Å². The number of unbranched alkanes of at least 4 members (excludes halogenated alkanes) is 11. The molecule has 0 heterocycles. The number of nitrogens with two attached hydrogens (primary N) is 3. The third-order valence-electron chi connectivity index (χ3n) is 9.34. The fourth-order valence-electron chi connectivity index (χ4n) is 6.06. The highest BCUT2D eigenvalue weighted by atomic mass is 16.4. The second kappa shape index (κ2) is 32.0. The first-order valence-corrected chi connectivity index (χ1v) is 20.6. The number of carboxylic acids is 1. The lowest BCUT2D eigenvalue weighted by atomic mass is 10.0. The molecule has 0 rings (SSSR count). The molecule has 15 heteroatoms. The van der Waals surface area contributed by atoms with Crippen LogP contribution in [-0.2, 0) is 28.8 Å². The summed E-state index contributed by atoms with van der Waals surface area (Å²) < 4.78 is 0. The van der Waals surface area contributed by atoms with Crippen molar-refractivity contribution in [1.29, 1.82) is 0 Å². The molecule has 0 saturated carbocycles. The average Bonchev–Trinajstić information content (AvgIpc) is 3.12. The van der Waals surface area contributed by atoms with Crippen molar-refractivity contribution in [1.82, 2.24) is 26.6 Å². The molecular formula is C39H76N8O7. The van der Waals surface area contributed by atoms with E-state index in [0.29, 0.717) is 71.0 Å². The van der Waals surface area contributed by atoms with Gasteiger partial charge >= 0.3 is 5.97 Å². The fraction of sp³-hybridized carbons (Fsp3) is 0.846. The predicted octanol–water partition coefficient (Wildman–Crippen LogP) is 2.87. The van der Waals surface area contributed by atoms with Gasteiger partial charge in [0.05, 0.1) is 0 Å². The van der Waals surface area contributed by atoms with Crippen molar-refractivity contribution in [3.63, 3.8) is 0 Å². The second-order valence-electron chi connectivity index (χ2n) is 14.9. The maximum absolute atomic E-state index is 13.6. The third-order valence-corrected chi connectivity index (χ3v) is 9.34. The van der Waals surface area contributed by atoms with Gasteiger partial charge in [-0.3, -0.25) is 24.0 Å². The fourth-order valence-corrected chi connectivity index (χ4v) is 6.06. The van der Waals surface area contributed by atoms with E-state index in [1.807, 2.05) is 13.8 Å². The zero-order valence-electron chi connectivity index (χ0n) is 33.9. The molecule has 0 bridgehead atoms. The van der Waals surface area contributed by atoms with Crippen molar-refractivity contribution in [3.8, 4) is 0 Å². The zero-order valence-corrected chi connectivity index (χ0v) is 33.9. The zero-order chi connectivity index (χ0) is 40.7. The molecular weight excluding hydrogens is 692 g/mol. The number of aliphatic carboxylic acids is 1. The van der Waals surface area contributed by atoms with Gasteiger partial charge < -0.3 is 48.9 Å². The smallest absolute Gasteiger partial charge is 0.326 e. The van der Waals surface area contributed by atoms with Crippen molar-refractivity contribution >= 4 is 35.5 Å². The van der Waals surface area contributed by atoms with Crippen LogP contribution in [0.15, 0.2) is 0 Å². The molecule has 0 fully saturated rings. The van der Waals surface area contributed by atoms with Gasteiger partial charge in [0.15, 0.2) is 0 Å². The summed E-state index contributed by atoms with van der Waals surface area (Å²) in [6.07, 6.45) is 15.0. The van der Waals surface area contributed by atoms with E-state index < -0.39 is 59.8 Å². The number of hydrogen-bond donors (Lipinski definition) is 9. The van der Waals surface area contributed by atoms with Gasteiger partial charge in [0.1, 0.15) is 30.2 Å². The number of carboxylic acid groups (broad SMARTS) is 1. The monoisotopic (exact) mass is 769 g/mol. The van der Waals surface area contributed by atoms with Gasteiger partial charge in [0.2, 0.25) is 29.5 Å². The third kappa shape index (κ3) is 24.9. The molecule has 0 aliphatic heterocycles. The lowest BCUT2D eigenvalue weighted by molar-refractivity contribution is -0.142. The minimum atomic E-state index is -1.19. The Bertz CT molecular complexity index is 1080. The number of carbonyl (C=O) groups is 6. The van der Waals surface area contributed by atoms with Crippen LogP contribution in [0.4, 0.5) is 0 Å². The Balaban J connectivity index is 5.50. The van der Waals surface area contributed by atoms with E-state index in [-0.39, 0.29) is 31.1 Å². The molecule has 54 heavy (non-hydrogen) atoms. The maximum Gasteiger partial charge on any atom is 0.326 e. The molecule has 15 nitrogen and oxygen atoms in total.